The number of nitrogens with zero attached hydrogens (tertiary/aromatic N) is 1. The first kappa shape index (κ1) is 61.0. The Hall–Kier alpha value is -8.27. The van der Waals surface area contributed by atoms with Gasteiger partial charge in [0, 0.05) is 36.2 Å². The van der Waals surface area contributed by atoms with Crippen molar-refractivity contribution in [3.8, 4) is 11.1 Å². The van der Waals surface area contributed by atoms with Crippen molar-refractivity contribution < 1.29 is 71.8 Å². The number of aromatic nitrogens is 1. The van der Waals surface area contributed by atoms with Gasteiger partial charge in [0.05, 0.1) is 27.8 Å². The van der Waals surface area contributed by atoms with Gasteiger partial charge in [-0.15, -0.1) is 0 Å². The highest BCUT2D eigenvalue weighted by Gasteiger charge is 2.39. The summed E-state index contributed by atoms with van der Waals surface area (Å²) in [4.78, 5) is 54.1. The topological polar surface area (TPSA) is 258 Å². The summed E-state index contributed by atoms with van der Waals surface area (Å²) >= 11 is 0. The molecule has 27 heteroatoms. The predicted octanol–water partition coefficient (Wildman–Crippen LogP) is 8.14. The van der Waals surface area contributed by atoms with E-state index < -0.39 is 50.1 Å². The molecule has 426 valence electrons. The van der Waals surface area contributed by atoms with Gasteiger partial charge in [-0.25, -0.2) is 22.3 Å². The summed E-state index contributed by atoms with van der Waals surface area (Å²) in [5, 5.41) is 5.66. The van der Waals surface area contributed by atoms with E-state index in [-0.39, 0.29) is 62.9 Å². The Morgan fingerprint density at radius 2 is 1.11 bits per heavy atom. The summed E-state index contributed by atoms with van der Waals surface area (Å²) in [6.07, 6.45) is -3.89. The average Bonchev–Trinajstić information content (AvgIpc) is 3.43. The molecule has 80 heavy (non-hydrogen) atoms. The fraction of sp³-hybridized carbons (Fsp3) is 0.264. The van der Waals surface area contributed by atoms with Crippen molar-refractivity contribution in [2.24, 2.45) is 0 Å². The van der Waals surface area contributed by atoms with Crippen molar-refractivity contribution in [1.82, 2.24) is 21.6 Å². The highest BCUT2D eigenvalue weighted by molar-refractivity contribution is 7.93. The molecule has 6 rings (SSSR count). The van der Waals surface area contributed by atoms with Gasteiger partial charge in [-0.3, -0.25) is 55.2 Å². The molecule has 19 nitrogen and oxygen atoms in total. The van der Waals surface area contributed by atoms with Gasteiger partial charge in [-0.2, -0.15) is 30.9 Å². The number of aryl methyl sites for hydroxylation is 2. The Morgan fingerprint density at radius 1 is 0.588 bits per heavy atom. The normalized spacial score (nSPS) is 11.8. The predicted molar refractivity (Wildman–Crippen MR) is 286 cm³/mol. The van der Waals surface area contributed by atoms with Crippen LogP contribution >= 0.6 is 0 Å². The van der Waals surface area contributed by atoms with Crippen molar-refractivity contribution in [3.05, 3.63) is 155 Å². The van der Waals surface area contributed by atoms with Gasteiger partial charge >= 0.3 is 24.2 Å². The number of amides is 4. The molecule has 0 aliphatic rings. The number of alkyl halides is 6. The molecule has 0 aliphatic heterocycles. The summed E-state index contributed by atoms with van der Waals surface area (Å²) in [5.74, 6) is -5.24. The second-order valence-corrected chi connectivity index (χ2v) is 21.4. The molecule has 0 aliphatic carbocycles. The number of carbonyl (C=O) groups excluding carboxylic acids is 4. The zero-order valence-corrected chi connectivity index (χ0v) is 45.0. The molecule has 4 amide bonds. The van der Waals surface area contributed by atoms with E-state index in [1.54, 1.807) is 38.2 Å². The minimum Gasteiger partial charge on any atom is -0.352 e. The molecule has 0 fully saturated rings. The summed E-state index contributed by atoms with van der Waals surface area (Å²) in [5.41, 5.74) is 15.6. The van der Waals surface area contributed by atoms with Crippen LogP contribution in [-0.4, -0.2) is 65.9 Å². The third kappa shape index (κ3) is 17.1. The number of unbranched alkanes of at least 4 members (excludes halogenated alkanes) is 3. The number of carbonyl (C=O) groups is 4. The van der Waals surface area contributed by atoms with Crippen molar-refractivity contribution in [1.29, 1.82) is 0 Å². The van der Waals surface area contributed by atoms with Gasteiger partial charge in [0.25, 0.3) is 31.9 Å². The van der Waals surface area contributed by atoms with Gasteiger partial charge < -0.3 is 10.6 Å². The number of hydrazine groups is 2. The smallest absolute Gasteiger partial charge is 0.352 e. The number of hydrogen-bond acceptors (Lipinski definition) is 12. The summed E-state index contributed by atoms with van der Waals surface area (Å²) < 4.78 is 135. The van der Waals surface area contributed by atoms with Crippen LogP contribution in [0.1, 0.15) is 63.9 Å². The molecule has 5 aromatic carbocycles. The molecule has 0 spiro atoms. The van der Waals surface area contributed by atoms with Gasteiger partial charge in [-0.05, 0) is 152 Å². The summed E-state index contributed by atoms with van der Waals surface area (Å²) in [6, 6.07) is 27.1. The fourth-order valence-electron chi connectivity index (χ4n) is 8.04. The van der Waals surface area contributed by atoms with Crippen LogP contribution in [0.4, 0.5) is 54.8 Å². The Kier molecular flexibility index (Phi) is 20.3. The van der Waals surface area contributed by atoms with E-state index in [0.29, 0.717) is 41.8 Å². The molecular weight excluding hydrogens is 1100 g/mol. The van der Waals surface area contributed by atoms with E-state index >= 15 is 0 Å². The van der Waals surface area contributed by atoms with Crippen molar-refractivity contribution >= 4 is 72.1 Å². The number of nitrogens with one attached hydrogen (secondary N) is 9. The maximum Gasteiger partial charge on any atom is 0.472 e. The molecule has 0 radical (unpaired) electrons. The quantitative estimate of drug-likeness (QED) is 0.0114. The van der Waals surface area contributed by atoms with Crippen LogP contribution in [0.3, 0.4) is 0 Å². The van der Waals surface area contributed by atoms with Crippen molar-refractivity contribution in [3.63, 3.8) is 0 Å². The SMILES string of the molecule is Cc1ccc(S(=O)(=O)Nc2ccc(NNC(=O)C(F)(F)F)cc2)c(C)c1NC(=O)C[n+]1cccc(C(=O)NCCCCCCNOCc2cccc(-c3c(C)ccc(S(=O)(=O)Nc4ccc(NNC(=O)C(F)(F)F)cc4)c3C)c2)c1. The standard InChI is InChI=1S/C53H56F6N10O9S2/c1-33-14-24-44(79(74,75)67-42-20-16-40(17-21-42)63-65-50(72)52(54,55)56)35(3)47(33)38-12-9-11-37(29-38)32-78-61-27-8-6-5-7-26-60-49(71)39-13-10-28-69(30-39)31-46(70)62-48-34(2)15-25-45(36(48)4)80(76,77)68-43-22-18-41(19-23-43)64-66-51(73)53(57,58)59/h9-25,28-30,61,63-64,67-68H,5-8,26-27,31-32H2,1-4H3,(H3-,60,62,65,66,70,71,72,73)/p+1. The number of sulfonamides is 2. The highest BCUT2D eigenvalue weighted by Crippen LogP contribution is 2.34. The van der Waals surface area contributed by atoms with E-state index in [2.05, 4.69) is 36.4 Å². The van der Waals surface area contributed by atoms with Crippen LogP contribution in [0.25, 0.3) is 11.1 Å². The Morgan fingerprint density at radius 3 is 1.68 bits per heavy atom. The lowest BCUT2D eigenvalue weighted by Crippen LogP contribution is -2.41. The van der Waals surface area contributed by atoms with Crippen LogP contribution in [-0.2, 0) is 52.4 Å². The second-order valence-electron chi connectivity index (χ2n) is 18.1. The van der Waals surface area contributed by atoms with Crippen LogP contribution in [0.2, 0.25) is 0 Å². The van der Waals surface area contributed by atoms with Gasteiger partial charge in [0.15, 0.2) is 12.4 Å². The third-order valence-electron chi connectivity index (χ3n) is 12.0. The zero-order chi connectivity index (χ0) is 58.4. The van der Waals surface area contributed by atoms with Crippen LogP contribution in [0.5, 0.6) is 0 Å². The second kappa shape index (κ2) is 26.6. The minimum atomic E-state index is -5.10. The first-order chi connectivity index (χ1) is 37.7. The molecule has 0 saturated carbocycles. The first-order valence-corrected chi connectivity index (χ1v) is 27.4. The Labute approximate surface area is 457 Å². The van der Waals surface area contributed by atoms with Gasteiger partial charge in [-0.1, -0.05) is 43.2 Å². The lowest BCUT2D eigenvalue weighted by atomic mass is 9.95. The number of anilines is 5. The monoisotopic (exact) mass is 1160 g/mol. The van der Waals surface area contributed by atoms with Crippen LogP contribution in [0, 0.1) is 27.7 Å². The number of rotatable bonds is 25. The number of hydrogen-bond donors (Lipinski definition) is 9. The van der Waals surface area contributed by atoms with Crippen molar-refractivity contribution in [2.45, 2.75) is 88.7 Å². The maximum absolute atomic E-state index is 13.6. The minimum absolute atomic E-state index is 0.0217. The Bertz CT molecular complexity index is 3440. The molecule has 0 atom stereocenters. The van der Waals surface area contributed by atoms with Gasteiger partial charge in [0.2, 0.25) is 6.54 Å². The molecule has 9 N–H and O–H groups in total. The van der Waals surface area contributed by atoms with E-state index in [4.69, 9.17) is 4.84 Å². The molecular formula is C53H57F6N10O9S2+. The highest BCUT2D eigenvalue weighted by atomic mass is 32.2. The van der Waals surface area contributed by atoms with Crippen LogP contribution < -0.4 is 51.8 Å². The van der Waals surface area contributed by atoms with E-state index in [1.165, 1.54) is 95.3 Å². The number of benzene rings is 5. The van der Waals surface area contributed by atoms with E-state index in [1.807, 2.05) is 31.2 Å². The van der Waals surface area contributed by atoms with E-state index in [9.17, 15) is 62.4 Å². The summed E-state index contributed by atoms with van der Waals surface area (Å²) in [7, 11) is -8.35. The van der Waals surface area contributed by atoms with Crippen LogP contribution in [0.15, 0.2) is 131 Å². The van der Waals surface area contributed by atoms with Crippen molar-refractivity contribution in [2.75, 3.05) is 38.7 Å². The molecule has 6 aromatic rings. The van der Waals surface area contributed by atoms with E-state index in [0.717, 1.165) is 36.0 Å². The number of halogens is 6. The maximum atomic E-state index is 13.6. The Balaban J connectivity index is 0.898. The van der Waals surface area contributed by atoms with Gasteiger partial charge in [0.1, 0.15) is 5.56 Å². The lowest BCUT2D eigenvalue weighted by molar-refractivity contribution is -0.684. The molecule has 0 unspecified atom stereocenters. The molecule has 1 heterocycles. The average molecular weight is 1160 g/mol. The lowest BCUT2D eigenvalue weighted by Gasteiger charge is -2.17. The number of pyridine rings is 1. The fourth-order valence-corrected chi connectivity index (χ4v) is 10.7. The molecule has 0 saturated heterocycles. The third-order valence-corrected chi connectivity index (χ3v) is 15.1. The molecule has 0 bridgehead atoms. The number of hydroxylamine groups is 1. The molecule has 1 aromatic heterocycles. The summed E-state index contributed by atoms with van der Waals surface area (Å²) in [6.45, 7) is 7.75. The first-order valence-electron chi connectivity index (χ1n) is 24.5. The largest absolute Gasteiger partial charge is 0.472 e. The zero-order valence-electron chi connectivity index (χ0n) is 43.4.